The monoisotopic (exact) mass is 231 g/mol. The van der Waals surface area contributed by atoms with E-state index in [-0.39, 0.29) is 11.7 Å². The Morgan fingerprint density at radius 1 is 1.62 bits per heavy atom. The standard InChI is InChI=1S/C9H17N3O4/c1-9(2)5-15-8(16-6-9)4-11-3-7(10)12(13)14/h3,8,11H,4-6,10H2,1-2H3/b7-3+. The first kappa shape index (κ1) is 12.7. The van der Waals surface area contributed by atoms with Gasteiger partial charge < -0.3 is 24.9 Å². The lowest BCUT2D eigenvalue weighted by Crippen LogP contribution is -2.41. The van der Waals surface area contributed by atoms with Gasteiger partial charge in [-0.3, -0.25) is 5.73 Å². The van der Waals surface area contributed by atoms with Crippen molar-refractivity contribution in [1.82, 2.24) is 5.32 Å². The molecule has 1 saturated heterocycles. The fraction of sp³-hybridized carbons (Fsp3) is 0.778. The molecule has 1 fully saturated rings. The van der Waals surface area contributed by atoms with Gasteiger partial charge in [0.25, 0.3) is 0 Å². The number of nitrogens with one attached hydrogen (secondary N) is 1. The highest BCUT2D eigenvalue weighted by atomic mass is 16.7. The van der Waals surface area contributed by atoms with Crippen molar-refractivity contribution in [1.29, 1.82) is 0 Å². The maximum Gasteiger partial charge on any atom is 0.329 e. The number of nitrogens with two attached hydrogens (primary N) is 1. The minimum absolute atomic E-state index is 0.0200. The molecule has 7 nitrogen and oxygen atoms in total. The number of nitro groups is 1. The highest BCUT2D eigenvalue weighted by molar-refractivity contribution is 4.83. The summed E-state index contributed by atoms with van der Waals surface area (Å²) in [6.07, 6.45) is 0.746. The predicted molar refractivity (Wildman–Crippen MR) is 56.7 cm³/mol. The van der Waals surface area contributed by atoms with Crippen LogP contribution in [0.1, 0.15) is 13.8 Å². The van der Waals surface area contributed by atoms with Gasteiger partial charge in [0, 0.05) is 5.41 Å². The van der Waals surface area contributed by atoms with Crippen LogP contribution in [0, 0.1) is 15.5 Å². The summed E-state index contributed by atoms with van der Waals surface area (Å²) in [5.74, 6) is -0.434. The molecular formula is C9H17N3O4. The SMILES string of the molecule is CC1(C)COC(CN/C=C(\N)[N+](=O)[O-])OC1. The molecule has 0 amide bonds. The summed E-state index contributed by atoms with van der Waals surface area (Å²) in [4.78, 5) is 9.51. The zero-order valence-electron chi connectivity index (χ0n) is 9.43. The van der Waals surface area contributed by atoms with Gasteiger partial charge in [-0.1, -0.05) is 13.8 Å². The lowest BCUT2D eigenvalue weighted by molar-refractivity contribution is -0.427. The van der Waals surface area contributed by atoms with Crippen molar-refractivity contribution in [2.45, 2.75) is 20.1 Å². The molecule has 0 aromatic rings. The summed E-state index contributed by atoms with van der Waals surface area (Å²) in [5, 5.41) is 12.9. The van der Waals surface area contributed by atoms with Crippen LogP contribution in [0.15, 0.2) is 12.0 Å². The Kier molecular flexibility index (Phi) is 4.08. The second-order valence-corrected chi connectivity index (χ2v) is 4.45. The summed E-state index contributed by atoms with van der Waals surface area (Å²) in [6, 6.07) is 0. The molecule has 7 heteroatoms. The Morgan fingerprint density at radius 3 is 2.69 bits per heavy atom. The van der Waals surface area contributed by atoms with Gasteiger partial charge in [-0.25, -0.2) is 0 Å². The topological polar surface area (TPSA) is 99.7 Å². The number of hydrogen-bond donors (Lipinski definition) is 2. The number of ether oxygens (including phenoxy) is 2. The lowest BCUT2D eigenvalue weighted by Gasteiger charge is -2.34. The van der Waals surface area contributed by atoms with Crippen molar-refractivity contribution >= 4 is 0 Å². The van der Waals surface area contributed by atoms with Crippen molar-refractivity contribution in [3.63, 3.8) is 0 Å². The van der Waals surface area contributed by atoms with E-state index in [0.29, 0.717) is 19.8 Å². The van der Waals surface area contributed by atoms with E-state index in [1.54, 1.807) is 0 Å². The molecule has 0 atom stereocenters. The first-order valence-electron chi connectivity index (χ1n) is 4.97. The summed E-state index contributed by atoms with van der Waals surface area (Å²) in [5.41, 5.74) is 5.11. The molecular weight excluding hydrogens is 214 g/mol. The molecule has 0 radical (unpaired) electrons. The molecule has 0 bridgehead atoms. The van der Waals surface area contributed by atoms with E-state index in [1.165, 1.54) is 0 Å². The largest absolute Gasteiger partial charge is 0.379 e. The molecule has 0 aromatic carbocycles. The van der Waals surface area contributed by atoms with Crippen LogP contribution >= 0.6 is 0 Å². The van der Waals surface area contributed by atoms with Gasteiger partial charge >= 0.3 is 5.82 Å². The molecule has 92 valence electrons. The molecule has 1 rings (SSSR count). The zero-order chi connectivity index (χ0) is 12.2. The Labute approximate surface area is 93.7 Å². The normalized spacial score (nSPS) is 21.8. The van der Waals surface area contributed by atoms with Gasteiger partial charge in [-0.05, 0) is 4.92 Å². The van der Waals surface area contributed by atoms with E-state index in [9.17, 15) is 10.1 Å². The second kappa shape index (κ2) is 5.13. The van der Waals surface area contributed by atoms with E-state index in [1.807, 2.05) is 13.8 Å². The minimum Gasteiger partial charge on any atom is -0.379 e. The molecule has 0 spiro atoms. The van der Waals surface area contributed by atoms with Crippen LogP contribution in [0.5, 0.6) is 0 Å². The smallest absolute Gasteiger partial charge is 0.329 e. The van der Waals surface area contributed by atoms with Crippen LogP contribution in [0.2, 0.25) is 0 Å². The average Bonchev–Trinajstić information content (AvgIpc) is 2.20. The van der Waals surface area contributed by atoms with Gasteiger partial charge in [0.2, 0.25) is 0 Å². The van der Waals surface area contributed by atoms with Crippen LogP contribution in [0.4, 0.5) is 0 Å². The molecule has 16 heavy (non-hydrogen) atoms. The third-order valence-corrected chi connectivity index (χ3v) is 2.07. The summed E-state index contributed by atoms with van der Waals surface area (Å²) in [6.45, 7) is 5.63. The number of rotatable bonds is 4. The average molecular weight is 231 g/mol. The second-order valence-electron chi connectivity index (χ2n) is 4.45. The molecule has 0 unspecified atom stereocenters. The predicted octanol–water partition coefficient (Wildman–Crippen LogP) is 0.00940. The van der Waals surface area contributed by atoms with E-state index in [0.717, 1.165) is 6.20 Å². The van der Waals surface area contributed by atoms with Crippen LogP contribution < -0.4 is 11.1 Å². The van der Waals surface area contributed by atoms with Crippen molar-refractivity contribution in [3.05, 3.63) is 22.1 Å². The molecule has 0 aromatic heterocycles. The first-order valence-corrected chi connectivity index (χ1v) is 4.97. The summed E-state index contributed by atoms with van der Waals surface area (Å²) < 4.78 is 10.8. The summed E-state index contributed by atoms with van der Waals surface area (Å²) in [7, 11) is 0. The fourth-order valence-electron chi connectivity index (χ4n) is 1.16. The first-order chi connectivity index (χ1) is 7.41. The molecule has 3 N–H and O–H groups in total. The van der Waals surface area contributed by atoms with Gasteiger partial charge in [0.15, 0.2) is 6.29 Å². The van der Waals surface area contributed by atoms with Gasteiger partial charge in [0.1, 0.15) is 0 Å². The van der Waals surface area contributed by atoms with Crippen LogP contribution in [0.25, 0.3) is 0 Å². The van der Waals surface area contributed by atoms with Crippen LogP contribution in [-0.2, 0) is 9.47 Å². The van der Waals surface area contributed by atoms with Crippen LogP contribution in [-0.4, -0.2) is 31.0 Å². The van der Waals surface area contributed by atoms with Gasteiger partial charge in [-0.15, -0.1) is 0 Å². The van der Waals surface area contributed by atoms with Crippen molar-refractivity contribution in [3.8, 4) is 0 Å². The molecule has 1 aliphatic heterocycles. The van der Waals surface area contributed by atoms with E-state index in [4.69, 9.17) is 15.2 Å². The Hall–Kier alpha value is -1.34. The van der Waals surface area contributed by atoms with Crippen LogP contribution in [0.3, 0.4) is 0 Å². The van der Waals surface area contributed by atoms with E-state index < -0.39 is 10.7 Å². The number of nitrogens with zero attached hydrogens (tertiary/aromatic N) is 1. The molecule has 1 aliphatic rings. The highest BCUT2D eigenvalue weighted by Crippen LogP contribution is 2.22. The van der Waals surface area contributed by atoms with Crippen molar-refractivity contribution < 1.29 is 14.4 Å². The molecule has 0 aliphatic carbocycles. The zero-order valence-corrected chi connectivity index (χ0v) is 9.43. The fourth-order valence-corrected chi connectivity index (χ4v) is 1.16. The Balaban J connectivity index is 2.25. The maximum atomic E-state index is 10.2. The Bertz CT molecular complexity index is 280. The maximum absolute atomic E-state index is 10.2. The quantitative estimate of drug-likeness (QED) is 0.522. The number of hydrogen-bond acceptors (Lipinski definition) is 6. The molecule has 1 heterocycles. The molecule has 0 saturated carbocycles. The van der Waals surface area contributed by atoms with Gasteiger partial charge in [-0.2, -0.15) is 0 Å². The third kappa shape index (κ3) is 4.03. The summed E-state index contributed by atoms with van der Waals surface area (Å²) >= 11 is 0. The van der Waals surface area contributed by atoms with Crippen molar-refractivity contribution in [2.24, 2.45) is 11.1 Å². The third-order valence-electron chi connectivity index (χ3n) is 2.07. The highest BCUT2D eigenvalue weighted by Gasteiger charge is 2.27. The Morgan fingerprint density at radius 2 is 2.19 bits per heavy atom. The van der Waals surface area contributed by atoms with Crippen molar-refractivity contribution in [2.75, 3.05) is 19.8 Å². The minimum atomic E-state index is -0.668. The lowest BCUT2D eigenvalue weighted by atomic mass is 9.96. The van der Waals surface area contributed by atoms with Gasteiger partial charge in [0.05, 0.1) is 26.0 Å². The van der Waals surface area contributed by atoms with E-state index in [2.05, 4.69) is 5.32 Å². The van der Waals surface area contributed by atoms with E-state index >= 15 is 0 Å².